The van der Waals surface area contributed by atoms with Gasteiger partial charge in [-0.1, -0.05) is 30.3 Å². The van der Waals surface area contributed by atoms with Gasteiger partial charge >= 0.3 is 5.69 Å². The molecule has 1 N–H and O–H groups in total. The van der Waals surface area contributed by atoms with Crippen LogP contribution >= 0.6 is 0 Å². The maximum absolute atomic E-state index is 12.5. The van der Waals surface area contributed by atoms with Gasteiger partial charge in [0.1, 0.15) is 18.2 Å². The molecule has 1 aliphatic carbocycles. The van der Waals surface area contributed by atoms with Crippen molar-refractivity contribution in [1.29, 1.82) is 5.26 Å². The summed E-state index contributed by atoms with van der Waals surface area (Å²) in [5, 5.41) is 11.9. The minimum absolute atomic E-state index is 0.0118. The highest BCUT2D eigenvalue weighted by molar-refractivity contribution is 5.76. The zero-order chi connectivity index (χ0) is 18.0. The summed E-state index contributed by atoms with van der Waals surface area (Å²) in [6, 6.07) is 10.9. The van der Waals surface area contributed by atoms with E-state index >= 15 is 0 Å². The first kappa shape index (κ1) is 16.7. The Morgan fingerprint density at radius 1 is 1.32 bits per heavy atom. The Labute approximate surface area is 144 Å². The van der Waals surface area contributed by atoms with Crippen molar-refractivity contribution in [3.8, 4) is 6.07 Å². The van der Waals surface area contributed by atoms with Crippen LogP contribution in [-0.4, -0.2) is 15.0 Å². The number of rotatable bonds is 5. The van der Waals surface area contributed by atoms with E-state index in [1.54, 1.807) is 6.07 Å². The van der Waals surface area contributed by atoms with Crippen molar-refractivity contribution in [3.05, 3.63) is 68.5 Å². The molecule has 0 aliphatic heterocycles. The van der Waals surface area contributed by atoms with Crippen molar-refractivity contribution in [2.75, 3.05) is 0 Å². The number of nitrogens with zero attached hydrogens (tertiary/aromatic N) is 3. The lowest BCUT2D eigenvalue weighted by molar-refractivity contribution is -0.122. The average Bonchev–Trinajstić information content (AvgIpc) is 3.44. The van der Waals surface area contributed by atoms with Gasteiger partial charge in [-0.05, 0) is 25.3 Å². The summed E-state index contributed by atoms with van der Waals surface area (Å²) in [6.45, 7) is 1.42. The molecule has 1 aromatic carbocycles. The molecule has 0 spiro atoms. The van der Waals surface area contributed by atoms with Gasteiger partial charge in [-0.25, -0.2) is 9.36 Å². The molecule has 0 bridgehead atoms. The van der Waals surface area contributed by atoms with Crippen molar-refractivity contribution in [3.63, 3.8) is 0 Å². The first-order chi connectivity index (χ1) is 12.0. The molecule has 2 aromatic rings. The molecule has 128 valence electrons. The van der Waals surface area contributed by atoms with Crippen LogP contribution in [0, 0.1) is 11.3 Å². The number of hydrogen-bond acceptors (Lipinski definition) is 4. The molecule has 7 heteroatoms. The van der Waals surface area contributed by atoms with Crippen LogP contribution in [0.3, 0.4) is 0 Å². The minimum atomic E-state index is -0.730. The third-order valence-corrected chi connectivity index (χ3v) is 4.24. The van der Waals surface area contributed by atoms with E-state index in [9.17, 15) is 14.4 Å². The number of carbonyl (C=O) groups excluding carboxylic acids is 1. The Hall–Kier alpha value is -3.14. The molecular weight excluding hydrogens is 320 g/mol. The molecule has 7 nitrogen and oxygen atoms in total. The highest BCUT2D eigenvalue weighted by Gasteiger charge is 2.27. The molecule has 1 aromatic heterocycles. The molecule has 1 fully saturated rings. The highest BCUT2D eigenvalue weighted by Crippen LogP contribution is 2.33. The van der Waals surface area contributed by atoms with E-state index < -0.39 is 23.7 Å². The fraction of sp³-hybridized carbons (Fsp3) is 0.333. The smallest absolute Gasteiger partial charge is 0.331 e. The van der Waals surface area contributed by atoms with E-state index in [4.69, 9.17) is 5.26 Å². The zero-order valence-electron chi connectivity index (χ0n) is 13.8. The first-order valence-corrected chi connectivity index (χ1v) is 8.11. The standard InChI is InChI=1S/C18H18N4O3/c1-12(13-5-3-2-4-6-13)20-16(23)11-22-17(24)14(9-19)10-21(18(22)25)15-7-8-15/h2-6,10,12,15H,7-8,11H2,1H3,(H,20,23)/t12-/m1/s1. The van der Waals surface area contributed by atoms with E-state index in [0.29, 0.717) is 0 Å². The van der Waals surface area contributed by atoms with E-state index in [1.807, 2.05) is 37.3 Å². The van der Waals surface area contributed by atoms with Gasteiger partial charge in [-0.2, -0.15) is 5.26 Å². The molecule has 1 saturated carbocycles. The second kappa shape index (κ2) is 6.77. The molecule has 3 rings (SSSR count). The number of amides is 1. The summed E-state index contributed by atoms with van der Waals surface area (Å²) in [5.74, 6) is -0.451. The molecule has 1 heterocycles. The van der Waals surface area contributed by atoms with E-state index in [2.05, 4.69) is 5.32 Å². The summed E-state index contributed by atoms with van der Waals surface area (Å²) in [5.41, 5.74) is -0.485. The van der Waals surface area contributed by atoms with Crippen LogP contribution in [0.4, 0.5) is 0 Å². The Balaban J connectivity index is 1.84. The van der Waals surface area contributed by atoms with Crippen molar-refractivity contribution >= 4 is 5.91 Å². The Morgan fingerprint density at radius 3 is 2.60 bits per heavy atom. The predicted octanol–water partition coefficient (Wildman–Crippen LogP) is 1.09. The molecule has 0 radical (unpaired) electrons. The fourth-order valence-electron chi connectivity index (χ4n) is 2.71. The van der Waals surface area contributed by atoms with Crippen molar-refractivity contribution in [1.82, 2.24) is 14.5 Å². The predicted molar refractivity (Wildman–Crippen MR) is 90.9 cm³/mol. The quantitative estimate of drug-likeness (QED) is 0.882. The SMILES string of the molecule is C[C@@H](NC(=O)Cn1c(=O)c(C#N)cn(C2CC2)c1=O)c1ccccc1. The molecule has 0 saturated heterocycles. The molecule has 25 heavy (non-hydrogen) atoms. The molecule has 1 amide bonds. The molecule has 0 unspecified atom stereocenters. The topological polar surface area (TPSA) is 96.9 Å². The lowest BCUT2D eigenvalue weighted by Crippen LogP contribution is -2.44. The zero-order valence-corrected chi connectivity index (χ0v) is 13.8. The lowest BCUT2D eigenvalue weighted by atomic mass is 10.1. The summed E-state index contributed by atoms with van der Waals surface area (Å²) >= 11 is 0. The average molecular weight is 338 g/mol. The third kappa shape index (κ3) is 3.53. The van der Waals surface area contributed by atoms with Crippen molar-refractivity contribution in [2.24, 2.45) is 0 Å². The van der Waals surface area contributed by atoms with Gasteiger partial charge in [0.15, 0.2) is 0 Å². The highest BCUT2D eigenvalue weighted by atomic mass is 16.2. The summed E-state index contributed by atoms with van der Waals surface area (Å²) in [7, 11) is 0. The number of nitriles is 1. The fourth-order valence-corrected chi connectivity index (χ4v) is 2.71. The van der Waals surface area contributed by atoms with Crippen LogP contribution in [0.2, 0.25) is 0 Å². The van der Waals surface area contributed by atoms with Crippen LogP contribution < -0.4 is 16.6 Å². The van der Waals surface area contributed by atoms with Crippen LogP contribution in [0.25, 0.3) is 0 Å². The number of nitrogens with one attached hydrogen (secondary N) is 1. The van der Waals surface area contributed by atoms with E-state index in [1.165, 1.54) is 10.8 Å². The van der Waals surface area contributed by atoms with Gasteiger partial charge in [0.2, 0.25) is 5.91 Å². The first-order valence-electron chi connectivity index (χ1n) is 8.11. The Morgan fingerprint density at radius 2 is 2.00 bits per heavy atom. The van der Waals surface area contributed by atoms with E-state index in [0.717, 1.165) is 23.0 Å². The lowest BCUT2D eigenvalue weighted by Gasteiger charge is -2.15. The van der Waals surface area contributed by atoms with Gasteiger partial charge in [-0.15, -0.1) is 0 Å². The van der Waals surface area contributed by atoms with Crippen molar-refractivity contribution in [2.45, 2.75) is 38.4 Å². The second-order valence-corrected chi connectivity index (χ2v) is 6.17. The van der Waals surface area contributed by atoms with Gasteiger partial charge in [0, 0.05) is 12.2 Å². The minimum Gasteiger partial charge on any atom is -0.348 e. The summed E-state index contributed by atoms with van der Waals surface area (Å²) in [6.07, 6.45) is 2.96. The maximum atomic E-state index is 12.5. The second-order valence-electron chi connectivity index (χ2n) is 6.17. The number of benzene rings is 1. The van der Waals surface area contributed by atoms with Gasteiger partial charge < -0.3 is 5.32 Å². The van der Waals surface area contributed by atoms with E-state index in [-0.39, 0.29) is 17.6 Å². The largest absolute Gasteiger partial charge is 0.348 e. The van der Waals surface area contributed by atoms with Crippen LogP contribution in [-0.2, 0) is 11.3 Å². The Kier molecular flexibility index (Phi) is 4.52. The summed E-state index contributed by atoms with van der Waals surface area (Å²) in [4.78, 5) is 37.0. The molecule has 1 aliphatic rings. The molecular formula is C18H18N4O3. The van der Waals surface area contributed by atoms with Crippen LogP contribution in [0.15, 0.2) is 46.1 Å². The normalized spacial score (nSPS) is 14.6. The molecule has 1 atom stereocenters. The maximum Gasteiger partial charge on any atom is 0.331 e. The van der Waals surface area contributed by atoms with Gasteiger partial charge in [-0.3, -0.25) is 14.2 Å². The van der Waals surface area contributed by atoms with Gasteiger partial charge in [0.25, 0.3) is 5.56 Å². The number of hydrogen-bond donors (Lipinski definition) is 1. The number of aromatic nitrogens is 2. The monoisotopic (exact) mass is 338 g/mol. The Bertz CT molecular complexity index is 949. The van der Waals surface area contributed by atoms with Gasteiger partial charge in [0.05, 0.1) is 6.04 Å². The van der Waals surface area contributed by atoms with Crippen LogP contribution in [0.1, 0.15) is 43.0 Å². The van der Waals surface area contributed by atoms with Crippen LogP contribution in [0.5, 0.6) is 0 Å². The summed E-state index contributed by atoms with van der Waals surface area (Å²) < 4.78 is 2.22. The number of carbonyl (C=O) groups is 1. The third-order valence-electron chi connectivity index (χ3n) is 4.24. The van der Waals surface area contributed by atoms with Crippen molar-refractivity contribution < 1.29 is 4.79 Å².